The lowest BCUT2D eigenvalue weighted by Gasteiger charge is -2.11. The molecule has 15 heteroatoms. The molecule has 0 unspecified atom stereocenters. The topological polar surface area (TPSA) is 201 Å². The van der Waals surface area contributed by atoms with Gasteiger partial charge in [-0.05, 0) is 60.3 Å². The fourth-order valence-electron chi connectivity index (χ4n) is 4.12. The summed E-state index contributed by atoms with van der Waals surface area (Å²) in [6.07, 6.45) is 0. The van der Waals surface area contributed by atoms with Gasteiger partial charge in [-0.15, -0.1) is 15.3 Å². The van der Waals surface area contributed by atoms with Crippen molar-refractivity contribution in [1.29, 1.82) is 0 Å². The predicted molar refractivity (Wildman–Crippen MR) is 161 cm³/mol. The van der Waals surface area contributed by atoms with E-state index in [2.05, 4.69) is 25.8 Å². The Morgan fingerprint density at radius 1 is 0.886 bits per heavy atom. The zero-order chi connectivity index (χ0) is 32.0. The minimum absolute atomic E-state index is 0.0480. The zero-order valence-corrected chi connectivity index (χ0v) is 24.9. The summed E-state index contributed by atoms with van der Waals surface area (Å²) in [6, 6.07) is 13.6. The number of phenolic OH excluding ortho intramolecular Hbond substituents is 1. The number of carbonyl (C=O) groups is 1. The number of aryl methyl sites for hydroxylation is 1. The van der Waals surface area contributed by atoms with Crippen molar-refractivity contribution in [3.05, 3.63) is 60.2 Å². The van der Waals surface area contributed by atoms with Gasteiger partial charge in [0.05, 0.1) is 26.5 Å². The molecule has 0 bridgehead atoms. The number of aliphatic hydroxyl groups excluding tert-OH is 1. The number of fused-ring (bicyclic) bond motifs is 1. The number of ether oxygens (including phenoxy) is 3. The van der Waals surface area contributed by atoms with E-state index in [1.54, 1.807) is 37.3 Å². The van der Waals surface area contributed by atoms with E-state index in [0.29, 0.717) is 34.1 Å². The Balaban J connectivity index is 1.73. The average Bonchev–Trinajstić information content (AvgIpc) is 2.98. The number of methoxy groups -OCH3 is 2. The highest BCUT2D eigenvalue weighted by atomic mass is 32.2. The molecule has 0 aliphatic carbocycles. The van der Waals surface area contributed by atoms with Crippen LogP contribution in [0.2, 0.25) is 0 Å². The highest BCUT2D eigenvalue weighted by Gasteiger charge is 2.22. The van der Waals surface area contributed by atoms with E-state index >= 15 is 0 Å². The molecular weight excluding hydrogens is 594 g/mol. The number of phenols is 1. The number of rotatable bonds is 11. The van der Waals surface area contributed by atoms with Crippen molar-refractivity contribution in [2.75, 3.05) is 32.8 Å². The van der Waals surface area contributed by atoms with E-state index in [9.17, 15) is 22.9 Å². The Labute approximate surface area is 252 Å². The standard InChI is InChI=1S/C29H29N5O9S/c1-16-11-24(25(42-4)15-23(16)32-31-22-8-6-20(41-3)14-26(22)43-10-9-35)33-34-28-27(44(38,39)40)13-18-12-19(30-17(2)36)5-7-21(18)29(28)37/h5-8,11-15,35,37H,9-10H2,1-4H3,(H,30,36)(H,38,39,40). The molecule has 0 aromatic heterocycles. The molecule has 4 rings (SSSR count). The highest BCUT2D eigenvalue weighted by molar-refractivity contribution is 7.86. The van der Waals surface area contributed by atoms with Gasteiger partial charge in [0.15, 0.2) is 11.5 Å². The summed E-state index contributed by atoms with van der Waals surface area (Å²) in [6.45, 7) is 2.90. The van der Waals surface area contributed by atoms with Crippen LogP contribution in [0.5, 0.6) is 23.0 Å². The van der Waals surface area contributed by atoms with Crippen LogP contribution >= 0.6 is 0 Å². The van der Waals surface area contributed by atoms with Crippen molar-refractivity contribution >= 4 is 55.2 Å². The Hall–Kier alpha value is -5.12. The van der Waals surface area contributed by atoms with Crippen LogP contribution in [-0.2, 0) is 14.9 Å². The number of hydrogen-bond acceptors (Lipinski definition) is 12. The first-order valence-corrected chi connectivity index (χ1v) is 14.4. The maximum absolute atomic E-state index is 12.2. The third kappa shape index (κ3) is 7.26. The van der Waals surface area contributed by atoms with Crippen LogP contribution in [0, 0.1) is 6.92 Å². The molecule has 44 heavy (non-hydrogen) atoms. The smallest absolute Gasteiger partial charge is 0.296 e. The molecule has 1 amide bonds. The lowest BCUT2D eigenvalue weighted by molar-refractivity contribution is -0.114. The molecule has 0 fully saturated rings. The fraction of sp³-hybridized carbons (Fsp3) is 0.207. The predicted octanol–water partition coefficient (Wildman–Crippen LogP) is 6.28. The molecule has 230 valence electrons. The normalized spacial score (nSPS) is 11.8. The number of anilines is 1. The number of amides is 1. The molecule has 0 atom stereocenters. The van der Waals surface area contributed by atoms with E-state index < -0.39 is 26.5 Å². The van der Waals surface area contributed by atoms with Crippen molar-refractivity contribution in [3.8, 4) is 23.0 Å². The maximum atomic E-state index is 12.2. The van der Waals surface area contributed by atoms with Gasteiger partial charge in [0.2, 0.25) is 5.91 Å². The summed E-state index contributed by atoms with van der Waals surface area (Å²) >= 11 is 0. The Bertz CT molecular complexity index is 1890. The van der Waals surface area contributed by atoms with Crippen molar-refractivity contribution in [2.24, 2.45) is 20.5 Å². The first-order valence-electron chi connectivity index (χ1n) is 12.9. The van der Waals surface area contributed by atoms with Gasteiger partial charge in [0.25, 0.3) is 10.1 Å². The summed E-state index contributed by atoms with van der Waals surface area (Å²) in [5.74, 6) is 0.201. The summed E-state index contributed by atoms with van der Waals surface area (Å²) < 4.78 is 50.6. The van der Waals surface area contributed by atoms with Crippen LogP contribution in [-0.4, -0.2) is 56.5 Å². The first-order chi connectivity index (χ1) is 20.9. The number of carbonyl (C=O) groups excluding carboxylic acids is 1. The maximum Gasteiger partial charge on any atom is 0.296 e. The Morgan fingerprint density at radius 3 is 2.27 bits per heavy atom. The lowest BCUT2D eigenvalue weighted by atomic mass is 10.1. The van der Waals surface area contributed by atoms with E-state index in [4.69, 9.17) is 19.3 Å². The molecule has 0 aliphatic heterocycles. The zero-order valence-electron chi connectivity index (χ0n) is 24.1. The monoisotopic (exact) mass is 623 g/mol. The number of benzene rings is 4. The highest BCUT2D eigenvalue weighted by Crippen LogP contribution is 2.43. The fourth-order valence-corrected chi connectivity index (χ4v) is 4.78. The van der Waals surface area contributed by atoms with Crippen LogP contribution < -0.4 is 19.5 Å². The van der Waals surface area contributed by atoms with E-state index in [0.717, 1.165) is 6.07 Å². The third-order valence-electron chi connectivity index (χ3n) is 6.19. The van der Waals surface area contributed by atoms with Crippen LogP contribution in [0.25, 0.3) is 10.8 Å². The molecule has 0 radical (unpaired) electrons. The second-order valence-electron chi connectivity index (χ2n) is 9.28. The summed E-state index contributed by atoms with van der Waals surface area (Å²) in [5.41, 5.74) is 1.42. The van der Waals surface area contributed by atoms with Crippen molar-refractivity contribution in [3.63, 3.8) is 0 Å². The number of nitrogens with zero attached hydrogens (tertiary/aromatic N) is 4. The second-order valence-corrected chi connectivity index (χ2v) is 10.7. The van der Waals surface area contributed by atoms with Crippen molar-refractivity contribution in [1.82, 2.24) is 0 Å². The molecule has 0 aliphatic rings. The number of aromatic hydroxyl groups is 1. The largest absolute Gasteiger partial charge is 0.505 e. The van der Waals surface area contributed by atoms with Gasteiger partial charge in [-0.3, -0.25) is 9.35 Å². The van der Waals surface area contributed by atoms with Crippen LogP contribution in [0.1, 0.15) is 12.5 Å². The van der Waals surface area contributed by atoms with Gasteiger partial charge in [-0.2, -0.15) is 13.5 Å². The number of azo groups is 2. The van der Waals surface area contributed by atoms with Crippen molar-refractivity contribution < 1.29 is 42.2 Å². The quantitative estimate of drug-likeness (QED) is 0.110. The van der Waals surface area contributed by atoms with Crippen LogP contribution in [0.3, 0.4) is 0 Å². The second kappa shape index (κ2) is 13.5. The molecule has 4 aromatic carbocycles. The van der Waals surface area contributed by atoms with Gasteiger partial charge in [0.1, 0.15) is 40.1 Å². The van der Waals surface area contributed by atoms with Gasteiger partial charge in [-0.25, -0.2) is 0 Å². The van der Waals surface area contributed by atoms with Gasteiger partial charge >= 0.3 is 0 Å². The van der Waals surface area contributed by atoms with E-state index in [1.807, 2.05) is 0 Å². The van der Waals surface area contributed by atoms with Crippen LogP contribution in [0.15, 0.2) is 79.9 Å². The first kappa shape index (κ1) is 31.8. The average molecular weight is 624 g/mol. The Kier molecular flexibility index (Phi) is 9.73. The summed E-state index contributed by atoms with van der Waals surface area (Å²) in [5, 5.41) is 39.7. The number of nitrogens with one attached hydrogen (secondary N) is 1. The molecule has 14 nitrogen and oxygen atoms in total. The lowest BCUT2D eigenvalue weighted by Crippen LogP contribution is -2.05. The van der Waals surface area contributed by atoms with Crippen LogP contribution in [0.4, 0.5) is 28.4 Å². The Morgan fingerprint density at radius 2 is 1.61 bits per heavy atom. The van der Waals surface area contributed by atoms with Gasteiger partial charge < -0.3 is 29.7 Å². The van der Waals surface area contributed by atoms with Gasteiger partial charge in [0, 0.05) is 30.1 Å². The summed E-state index contributed by atoms with van der Waals surface area (Å²) in [4.78, 5) is 10.7. The molecule has 4 aromatic rings. The number of aliphatic hydroxyl groups is 1. The van der Waals surface area contributed by atoms with Gasteiger partial charge in [-0.1, -0.05) is 0 Å². The summed E-state index contributed by atoms with van der Waals surface area (Å²) in [7, 11) is -1.96. The molecule has 0 saturated carbocycles. The minimum Gasteiger partial charge on any atom is -0.505 e. The van der Waals surface area contributed by atoms with E-state index in [1.165, 1.54) is 39.3 Å². The molecule has 4 N–H and O–H groups in total. The molecular formula is C29H29N5O9S. The van der Waals surface area contributed by atoms with Crippen molar-refractivity contribution in [2.45, 2.75) is 18.7 Å². The third-order valence-corrected chi connectivity index (χ3v) is 7.05. The SMILES string of the molecule is COc1ccc(N=Nc2cc(OC)c(N=Nc3c(S(=O)(=O)O)cc4cc(NC(C)=O)ccc4c3O)cc2C)c(OCCO)c1. The number of hydrogen-bond donors (Lipinski definition) is 4. The molecule has 0 spiro atoms. The molecule has 0 heterocycles. The minimum atomic E-state index is -4.86. The molecule has 0 saturated heterocycles. The van der Waals surface area contributed by atoms with E-state index in [-0.39, 0.29) is 41.3 Å².